The first kappa shape index (κ1) is 13.7. The number of hydrogen-bond acceptors (Lipinski definition) is 3. The molecule has 1 atom stereocenters. The molecule has 2 rings (SSSR count). The lowest BCUT2D eigenvalue weighted by Crippen LogP contribution is -2.29. The maximum absolute atomic E-state index is 5.17. The van der Waals surface area contributed by atoms with Crippen LogP contribution in [0.3, 0.4) is 0 Å². The first-order chi connectivity index (χ1) is 9.33. The van der Waals surface area contributed by atoms with Gasteiger partial charge in [-0.25, -0.2) is 0 Å². The van der Waals surface area contributed by atoms with Gasteiger partial charge in [0.25, 0.3) is 0 Å². The molecule has 3 heteroatoms. The number of hydrogen-bond donors (Lipinski definition) is 0. The van der Waals surface area contributed by atoms with E-state index in [4.69, 9.17) is 4.74 Å². The smallest absolute Gasteiger partial charge is 0.0774 e. The molecule has 1 aromatic carbocycles. The molecular formula is C16H20N2O. The van der Waals surface area contributed by atoms with Crippen LogP contribution in [-0.4, -0.2) is 37.2 Å². The van der Waals surface area contributed by atoms with E-state index in [0.29, 0.717) is 6.61 Å². The molecule has 100 valence electrons. The number of likely N-dealkylation sites (N-methyl/N-ethyl adjacent to an activating group) is 1. The molecule has 0 fully saturated rings. The third-order valence-electron chi connectivity index (χ3n) is 3.17. The zero-order valence-electron chi connectivity index (χ0n) is 11.5. The molecule has 1 unspecified atom stereocenters. The zero-order valence-corrected chi connectivity index (χ0v) is 11.5. The van der Waals surface area contributed by atoms with Gasteiger partial charge in [-0.15, -0.1) is 0 Å². The fourth-order valence-electron chi connectivity index (χ4n) is 2.19. The molecular weight excluding hydrogens is 236 g/mol. The van der Waals surface area contributed by atoms with E-state index in [1.807, 2.05) is 24.4 Å². The molecule has 2 aromatic rings. The van der Waals surface area contributed by atoms with Crippen LogP contribution in [0.2, 0.25) is 0 Å². The molecule has 3 nitrogen and oxygen atoms in total. The van der Waals surface area contributed by atoms with Crippen molar-refractivity contribution in [2.75, 3.05) is 27.3 Å². The molecule has 0 aliphatic carbocycles. The Morgan fingerprint density at radius 2 is 1.84 bits per heavy atom. The summed E-state index contributed by atoms with van der Waals surface area (Å²) < 4.78 is 5.17. The van der Waals surface area contributed by atoms with Crippen LogP contribution in [0, 0.1) is 0 Å². The molecule has 19 heavy (non-hydrogen) atoms. The number of rotatable bonds is 6. The van der Waals surface area contributed by atoms with Gasteiger partial charge in [-0.05, 0) is 24.7 Å². The first-order valence-electron chi connectivity index (χ1n) is 6.48. The van der Waals surface area contributed by atoms with Gasteiger partial charge in [0, 0.05) is 19.9 Å². The largest absolute Gasteiger partial charge is 0.383 e. The van der Waals surface area contributed by atoms with Gasteiger partial charge in [0.1, 0.15) is 0 Å². The Labute approximate surface area is 114 Å². The van der Waals surface area contributed by atoms with Crippen LogP contribution in [0.25, 0.3) is 0 Å². The SMILES string of the molecule is COCCN(C)C(c1ccccc1)c1ccccn1. The molecule has 0 saturated heterocycles. The molecule has 0 spiro atoms. The van der Waals surface area contributed by atoms with E-state index in [1.165, 1.54) is 5.56 Å². The van der Waals surface area contributed by atoms with Gasteiger partial charge in [0.15, 0.2) is 0 Å². The minimum Gasteiger partial charge on any atom is -0.383 e. The second kappa shape index (κ2) is 7.02. The van der Waals surface area contributed by atoms with Crippen LogP contribution in [0.4, 0.5) is 0 Å². The van der Waals surface area contributed by atoms with E-state index in [0.717, 1.165) is 12.2 Å². The number of pyridine rings is 1. The Kier molecular flexibility index (Phi) is 5.07. The van der Waals surface area contributed by atoms with Crippen molar-refractivity contribution < 1.29 is 4.74 Å². The van der Waals surface area contributed by atoms with Gasteiger partial charge in [0.2, 0.25) is 0 Å². The normalized spacial score (nSPS) is 12.6. The quantitative estimate of drug-likeness (QED) is 0.794. The van der Waals surface area contributed by atoms with E-state index >= 15 is 0 Å². The molecule has 0 saturated carbocycles. The van der Waals surface area contributed by atoms with Crippen molar-refractivity contribution in [3.05, 3.63) is 66.0 Å². The minimum atomic E-state index is 0.164. The molecule has 1 heterocycles. The number of aromatic nitrogens is 1. The second-order valence-corrected chi connectivity index (χ2v) is 4.54. The molecule has 0 aliphatic heterocycles. The monoisotopic (exact) mass is 256 g/mol. The fourth-order valence-corrected chi connectivity index (χ4v) is 2.19. The van der Waals surface area contributed by atoms with Gasteiger partial charge >= 0.3 is 0 Å². The third-order valence-corrected chi connectivity index (χ3v) is 3.17. The average Bonchev–Trinajstić information content (AvgIpc) is 2.47. The summed E-state index contributed by atoms with van der Waals surface area (Å²) in [5, 5.41) is 0. The van der Waals surface area contributed by atoms with Crippen molar-refractivity contribution in [3.8, 4) is 0 Å². The van der Waals surface area contributed by atoms with Crippen LogP contribution in [0.1, 0.15) is 17.3 Å². The summed E-state index contributed by atoms with van der Waals surface area (Å²) in [6.07, 6.45) is 1.84. The maximum Gasteiger partial charge on any atom is 0.0774 e. The van der Waals surface area contributed by atoms with Crippen molar-refractivity contribution in [3.63, 3.8) is 0 Å². The highest BCUT2D eigenvalue weighted by Crippen LogP contribution is 2.25. The van der Waals surface area contributed by atoms with Gasteiger partial charge in [0.05, 0.1) is 18.3 Å². The standard InChI is InChI=1S/C16H20N2O/c1-18(12-13-19-2)16(14-8-4-3-5-9-14)15-10-6-7-11-17-15/h3-11,16H,12-13H2,1-2H3. The summed E-state index contributed by atoms with van der Waals surface area (Å²) in [6.45, 7) is 1.58. The van der Waals surface area contributed by atoms with Crippen LogP contribution in [-0.2, 0) is 4.74 Å². The predicted octanol–water partition coefficient (Wildman–Crippen LogP) is 2.75. The highest BCUT2D eigenvalue weighted by molar-refractivity contribution is 5.27. The minimum absolute atomic E-state index is 0.164. The first-order valence-corrected chi connectivity index (χ1v) is 6.48. The number of benzene rings is 1. The summed E-state index contributed by atoms with van der Waals surface area (Å²) in [5.74, 6) is 0. The van der Waals surface area contributed by atoms with Crippen LogP contribution < -0.4 is 0 Å². The number of nitrogens with zero attached hydrogens (tertiary/aromatic N) is 2. The molecule has 0 radical (unpaired) electrons. The Hall–Kier alpha value is -1.71. The van der Waals surface area contributed by atoms with E-state index in [-0.39, 0.29) is 6.04 Å². The van der Waals surface area contributed by atoms with E-state index < -0.39 is 0 Å². The van der Waals surface area contributed by atoms with Gasteiger partial charge in [-0.1, -0.05) is 36.4 Å². The maximum atomic E-state index is 5.17. The zero-order chi connectivity index (χ0) is 13.5. The van der Waals surface area contributed by atoms with E-state index in [2.05, 4.69) is 47.3 Å². The van der Waals surface area contributed by atoms with Crippen molar-refractivity contribution in [1.29, 1.82) is 0 Å². The Balaban J connectivity index is 2.29. The van der Waals surface area contributed by atoms with Gasteiger partial charge in [-0.3, -0.25) is 9.88 Å². The Morgan fingerprint density at radius 1 is 1.11 bits per heavy atom. The average molecular weight is 256 g/mol. The van der Waals surface area contributed by atoms with Crippen LogP contribution in [0.15, 0.2) is 54.7 Å². The number of ether oxygens (including phenoxy) is 1. The number of methoxy groups -OCH3 is 1. The Morgan fingerprint density at radius 3 is 2.47 bits per heavy atom. The predicted molar refractivity (Wildman–Crippen MR) is 77.0 cm³/mol. The summed E-state index contributed by atoms with van der Waals surface area (Å²) in [6, 6.07) is 16.7. The van der Waals surface area contributed by atoms with Crippen LogP contribution in [0.5, 0.6) is 0 Å². The lowest BCUT2D eigenvalue weighted by Gasteiger charge is -2.27. The lowest BCUT2D eigenvalue weighted by molar-refractivity contribution is 0.147. The molecule has 0 amide bonds. The molecule has 0 bridgehead atoms. The van der Waals surface area contributed by atoms with Crippen LogP contribution >= 0.6 is 0 Å². The molecule has 0 aliphatic rings. The highest BCUT2D eigenvalue weighted by atomic mass is 16.5. The topological polar surface area (TPSA) is 25.4 Å². The van der Waals surface area contributed by atoms with Gasteiger partial charge in [-0.2, -0.15) is 0 Å². The summed E-state index contributed by atoms with van der Waals surface area (Å²) in [7, 11) is 3.83. The van der Waals surface area contributed by atoms with E-state index in [9.17, 15) is 0 Å². The summed E-state index contributed by atoms with van der Waals surface area (Å²) in [5.41, 5.74) is 2.31. The lowest BCUT2D eigenvalue weighted by atomic mass is 10.0. The van der Waals surface area contributed by atoms with Gasteiger partial charge < -0.3 is 4.74 Å². The van der Waals surface area contributed by atoms with Crippen molar-refractivity contribution in [1.82, 2.24) is 9.88 Å². The fraction of sp³-hybridized carbons (Fsp3) is 0.312. The van der Waals surface area contributed by atoms with E-state index in [1.54, 1.807) is 7.11 Å². The van der Waals surface area contributed by atoms with Crippen molar-refractivity contribution >= 4 is 0 Å². The highest BCUT2D eigenvalue weighted by Gasteiger charge is 2.19. The summed E-state index contributed by atoms with van der Waals surface area (Å²) in [4.78, 5) is 6.77. The summed E-state index contributed by atoms with van der Waals surface area (Å²) >= 11 is 0. The molecule has 0 N–H and O–H groups in total. The van der Waals surface area contributed by atoms with Crippen molar-refractivity contribution in [2.45, 2.75) is 6.04 Å². The second-order valence-electron chi connectivity index (χ2n) is 4.54. The Bertz CT molecular complexity index is 433. The molecule has 1 aromatic heterocycles. The van der Waals surface area contributed by atoms with Crippen molar-refractivity contribution in [2.24, 2.45) is 0 Å². The third kappa shape index (κ3) is 3.63.